The molecule has 0 aliphatic carbocycles. The van der Waals surface area contributed by atoms with Crippen LogP contribution in [0.5, 0.6) is 0 Å². The number of hydrogen-bond donors (Lipinski definition) is 0. The highest BCUT2D eigenvalue weighted by Gasteiger charge is 2.26. The molecule has 0 saturated heterocycles. The standard InChI is InChI=1S/C21H44O3Si/c1-7-19(2)17-15-13-11-9-8-10-12-14-16-18-20(21(22)23-3)24-25(4,5)6/h19-20H,7-18H2,1-6H3. The maximum atomic E-state index is 11.8. The summed E-state index contributed by atoms with van der Waals surface area (Å²) in [5, 5.41) is 0. The van der Waals surface area contributed by atoms with Crippen molar-refractivity contribution in [1.29, 1.82) is 0 Å². The first-order valence-electron chi connectivity index (χ1n) is 10.6. The Bertz CT molecular complexity index is 326. The van der Waals surface area contributed by atoms with Crippen molar-refractivity contribution in [3.8, 4) is 0 Å². The van der Waals surface area contributed by atoms with Crippen LogP contribution in [0.15, 0.2) is 0 Å². The summed E-state index contributed by atoms with van der Waals surface area (Å²) in [5.74, 6) is 0.693. The van der Waals surface area contributed by atoms with Crippen molar-refractivity contribution in [2.45, 2.75) is 117 Å². The van der Waals surface area contributed by atoms with Gasteiger partial charge in [-0.15, -0.1) is 0 Å². The predicted molar refractivity (Wildman–Crippen MR) is 110 cm³/mol. The van der Waals surface area contributed by atoms with Crippen LogP contribution in [0.25, 0.3) is 0 Å². The zero-order valence-electron chi connectivity index (χ0n) is 17.9. The lowest BCUT2D eigenvalue weighted by Crippen LogP contribution is -2.37. The molecule has 2 atom stereocenters. The number of esters is 1. The Morgan fingerprint density at radius 1 is 0.840 bits per heavy atom. The summed E-state index contributed by atoms with van der Waals surface area (Å²) in [4.78, 5) is 11.8. The third kappa shape index (κ3) is 15.6. The lowest BCUT2D eigenvalue weighted by atomic mass is 9.99. The number of rotatable bonds is 16. The number of carbonyl (C=O) groups is 1. The highest BCUT2D eigenvalue weighted by atomic mass is 28.4. The molecule has 0 rings (SSSR count). The fourth-order valence-electron chi connectivity index (χ4n) is 3.05. The normalized spacial score (nSPS) is 14.3. The molecular weight excluding hydrogens is 328 g/mol. The van der Waals surface area contributed by atoms with Crippen molar-refractivity contribution in [2.24, 2.45) is 5.92 Å². The summed E-state index contributed by atoms with van der Waals surface area (Å²) in [6.45, 7) is 11.0. The van der Waals surface area contributed by atoms with E-state index in [4.69, 9.17) is 9.16 Å². The minimum Gasteiger partial charge on any atom is -0.467 e. The zero-order valence-corrected chi connectivity index (χ0v) is 18.9. The molecule has 3 nitrogen and oxygen atoms in total. The molecule has 0 aromatic carbocycles. The second-order valence-corrected chi connectivity index (χ2v) is 13.0. The van der Waals surface area contributed by atoms with Gasteiger partial charge in [0.15, 0.2) is 8.32 Å². The molecule has 0 N–H and O–H groups in total. The van der Waals surface area contributed by atoms with Gasteiger partial charge in [0.25, 0.3) is 0 Å². The maximum Gasteiger partial charge on any atom is 0.333 e. The molecule has 0 aliphatic rings. The number of carbonyl (C=O) groups excluding carboxylic acids is 1. The highest BCUT2D eigenvalue weighted by molar-refractivity contribution is 6.69. The SMILES string of the molecule is CCC(C)CCCCCCCCCCCC(O[Si](C)(C)C)C(=O)OC. The monoisotopic (exact) mass is 372 g/mol. The van der Waals surface area contributed by atoms with Gasteiger partial charge in [0.2, 0.25) is 0 Å². The molecule has 25 heavy (non-hydrogen) atoms. The van der Waals surface area contributed by atoms with E-state index in [9.17, 15) is 4.79 Å². The van der Waals surface area contributed by atoms with E-state index in [1.54, 1.807) is 0 Å². The van der Waals surface area contributed by atoms with Crippen molar-refractivity contribution >= 4 is 14.3 Å². The number of ether oxygens (including phenoxy) is 1. The van der Waals surface area contributed by atoms with E-state index < -0.39 is 8.32 Å². The van der Waals surface area contributed by atoms with Gasteiger partial charge in [0.05, 0.1) is 7.11 Å². The Morgan fingerprint density at radius 2 is 1.28 bits per heavy atom. The van der Waals surface area contributed by atoms with Crippen molar-refractivity contribution in [3.05, 3.63) is 0 Å². The van der Waals surface area contributed by atoms with Crippen LogP contribution < -0.4 is 0 Å². The smallest absolute Gasteiger partial charge is 0.333 e. The number of methoxy groups -OCH3 is 1. The summed E-state index contributed by atoms with van der Waals surface area (Å²) >= 11 is 0. The first-order chi connectivity index (χ1) is 11.8. The Labute approximate surface area is 158 Å². The second-order valence-electron chi connectivity index (χ2n) is 8.51. The topological polar surface area (TPSA) is 35.5 Å². The van der Waals surface area contributed by atoms with Crippen LogP contribution in [0, 0.1) is 5.92 Å². The summed E-state index contributed by atoms with van der Waals surface area (Å²) in [7, 11) is -0.257. The second kappa shape index (κ2) is 14.8. The summed E-state index contributed by atoms with van der Waals surface area (Å²) in [5.41, 5.74) is 0. The van der Waals surface area contributed by atoms with Crippen LogP contribution in [-0.4, -0.2) is 27.5 Å². The average Bonchev–Trinajstić information content (AvgIpc) is 2.56. The molecule has 0 spiro atoms. The molecule has 0 fully saturated rings. The highest BCUT2D eigenvalue weighted by Crippen LogP contribution is 2.17. The van der Waals surface area contributed by atoms with E-state index in [0.29, 0.717) is 0 Å². The summed E-state index contributed by atoms with van der Waals surface area (Å²) in [6, 6.07) is 0. The molecule has 0 bridgehead atoms. The molecule has 0 aromatic rings. The van der Waals surface area contributed by atoms with Gasteiger partial charge in [0.1, 0.15) is 6.10 Å². The van der Waals surface area contributed by atoms with Gasteiger partial charge < -0.3 is 9.16 Å². The molecule has 150 valence electrons. The molecule has 0 radical (unpaired) electrons. The van der Waals surface area contributed by atoms with E-state index in [2.05, 4.69) is 33.5 Å². The van der Waals surface area contributed by atoms with E-state index in [-0.39, 0.29) is 12.1 Å². The third-order valence-corrected chi connectivity index (χ3v) is 5.81. The third-order valence-electron chi connectivity index (χ3n) is 4.82. The lowest BCUT2D eigenvalue weighted by molar-refractivity contribution is -0.149. The van der Waals surface area contributed by atoms with E-state index >= 15 is 0 Å². The molecule has 0 aromatic heterocycles. The molecule has 0 amide bonds. The van der Waals surface area contributed by atoms with Gasteiger partial charge in [0, 0.05) is 0 Å². The average molecular weight is 373 g/mol. The van der Waals surface area contributed by atoms with Crippen LogP contribution in [0.2, 0.25) is 19.6 Å². The predicted octanol–water partition coefficient (Wildman–Crippen LogP) is 6.72. The maximum absolute atomic E-state index is 11.8. The molecular formula is C21H44O3Si. The Morgan fingerprint density at radius 3 is 1.68 bits per heavy atom. The quantitative estimate of drug-likeness (QED) is 0.171. The molecule has 4 heteroatoms. The van der Waals surface area contributed by atoms with Crippen LogP contribution in [0.1, 0.15) is 90.9 Å². The van der Waals surface area contributed by atoms with E-state index in [1.807, 2.05) is 0 Å². The van der Waals surface area contributed by atoms with Crippen LogP contribution >= 0.6 is 0 Å². The van der Waals surface area contributed by atoms with E-state index in [1.165, 1.54) is 71.3 Å². The van der Waals surface area contributed by atoms with Crippen LogP contribution in [-0.2, 0) is 14.0 Å². The number of unbranched alkanes of at least 4 members (excludes halogenated alkanes) is 8. The Balaban J connectivity index is 3.59. The van der Waals surface area contributed by atoms with Gasteiger partial charge in [-0.3, -0.25) is 0 Å². The van der Waals surface area contributed by atoms with Crippen molar-refractivity contribution in [1.82, 2.24) is 0 Å². The van der Waals surface area contributed by atoms with Gasteiger partial charge in [-0.25, -0.2) is 4.79 Å². The van der Waals surface area contributed by atoms with Gasteiger partial charge in [-0.2, -0.15) is 0 Å². The zero-order chi connectivity index (χ0) is 19.1. The molecule has 0 heterocycles. The first kappa shape index (κ1) is 24.6. The molecule has 0 aliphatic heterocycles. The lowest BCUT2D eigenvalue weighted by Gasteiger charge is -2.24. The summed E-state index contributed by atoms with van der Waals surface area (Å²) < 4.78 is 10.8. The van der Waals surface area contributed by atoms with Gasteiger partial charge >= 0.3 is 5.97 Å². The van der Waals surface area contributed by atoms with Crippen molar-refractivity contribution in [3.63, 3.8) is 0 Å². The minimum atomic E-state index is -1.71. The number of hydrogen-bond acceptors (Lipinski definition) is 3. The first-order valence-corrected chi connectivity index (χ1v) is 14.0. The largest absolute Gasteiger partial charge is 0.467 e. The van der Waals surface area contributed by atoms with Gasteiger partial charge in [-0.1, -0.05) is 84.5 Å². The molecule has 0 saturated carbocycles. The minimum absolute atomic E-state index is 0.209. The Hall–Kier alpha value is -0.353. The Kier molecular flexibility index (Phi) is 14.6. The van der Waals surface area contributed by atoms with Crippen LogP contribution in [0.3, 0.4) is 0 Å². The fourth-order valence-corrected chi connectivity index (χ4v) is 4.11. The molecule has 2 unspecified atom stereocenters. The van der Waals surface area contributed by atoms with Crippen LogP contribution in [0.4, 0.5) is 0 Å². The van der Waals surface area contributed by atoms with Crippen molar-refractivity contribution < 1.29 is 14.0 Å². The fraction of sp³-hybridized carbons (Fsp3) is 0.952. The summed E-state index contributed by atoms with van der Waals surface area (Å²) in [6.07, 6.45) is 14.9. The van der Waals surface area contributed by atoms with Gasteiger partial charge in [-0.05, 0) is 32.0 Å². The van der Waals surface area contributed by atoms with Crippen molar-refractivity contribution in [2.75, 3.05) is 7.11 Å². The van der Waals surface area contributed by atoms with E-state index in [0.717, 1.165) is 18.8 Å².